The molecule has 1 saturated heterocycles. The van der Waals surface area contributed by atoms with Crippen LogP contribution in [0.25, 0.3) is 0 Å². The van der Waals surface area contributed by atoms with Gasteiger partial charge >= 0.3 is 6.18 Å². The molecule has 1 amide bonds. The number of alkyl halides is 3. The Morgan fingerprint density at radius 3 is 2.56 bits per heavy atom. The number of nitrogens with one attached hydrogen (secondary N) is 1. The van der Waals surface area contributed by atoms with E-state index in [0.717, 1.165) is 4.90 Å². The molecule has 0 aromatic heterocycles. The van der Waals surface area contributed by atoms with Gasteiger partial charge in [-0.15, -0.1) is 0 Å². The van der Waals surface area contributed by atoms with Crippen molar-refractivity contribution in [2.24, 2.45) is 0 Å². The molecule has 0 aromatic rings. The second-order valence-corrected chi connectivity index (χ2v) is 4.81. The molecule has 0 bridgehead atoms. The number of likely N-dealkylation sites (N-methyl/N-ethyl adjacent to an activating group) is 1. The molecular formula is C12H21F3N2O. The van der Waals surface area contributed by atoms with Crippen molar-refractivity contribution in [2.75, 3.05) is 20.1 Å². The van der Waals surface area contributed by atoms with E-state index in [1.165, 1.54) is 7.05 Å². The normalized spacial score (nSPS) is 25.3. The fourth-order valence-corrected chi connectivity index (χ4v) is 2.62. The van der Waals surface area contributed by atoms with Gasteiger partial charge in [0.15, 0.2) is 5.54 Å². The summed E-state index contributed by atoms with van der Waals surface area (Å²) in [5.74, 6) is -0.384. The van der Waals surface area contributed by atoms with Gasteiger partial charge in [0, 0.05) is 19.5 Å². The zero-order chi connectivity index (χ0) is 13.8. The highest BCUT2D eigenvalue weighted by molar-refractivity contribution is 5.77. The van der Waals surface area contributed by atoms with Crippen LogP contribution in [0.1, 0.15) is 39.0 Å². The summed E-state index contributed by atoms with van der Waals surface area (Å²) in [7, 11) is 1.49. The lowest BCUT2D eigenvalue weighted by atomic mass is 9.85. The molecule has 0 saturated carbocycles. The first-order valence-electron chi connectivity index (χ1n) is 6.41. The van der Waals surface area contributed by atoms with Crippen LogP contribution in [-0.4, -0.2) is 42.7 Å². The topological polar surface area (TPSA) is 32.3 Å². The van der Waals surface area contributed by atoms with Gasteiger partial charge in [-0.05, 0) is 32.7 Å². The third-order valence-electron chi connectivity index (χ3n) is 3.50. The minimum Gasteiger partial charge on any atom is -0.327 e. The second kappa shape index (κ2) is 5.91. The first-order chi connectivity index (χ1) is 8.39. The van der Waals surface area contributed by atoms with Crippen LogP contribution in [0.15, 0.2) is 0 Å². The average Bonchev–Trinajstić information content (AvgIpc) is 2.29. The first-order valence-corrected chi connectivity index (χ1v) is 6.41. The van der Waals surface area contributed by atoms with Crippen molar-refractivity contribution < 1.29 is 18.0 Å². The quantitative estimate of drug-likeness (QED) is 0.847. The molecule has 0 spiro atoms. The zero-order valence-electron chi connectivity index (χ0n) is 10.9. The van der Waals surface area contributed by atoms with Gasteiger partial charge in [-0.25, -0.2) is 0 Å². The monoisotopic (exact) mass is 266 g/mol. The Morgan fingerprint density at radius 2 is 2.06 bits per heavy atom. The second-order valence-electron chi connectivity index (χ2n) is 4.81. The van der Waals surface area contributed by atoms with Gasteiger partial charge in [-0.3, -0.25) is 4.79 Å². The Kier molecular flexibility index (Phi) is 5.01. The molecule has 1 N–H and O–H groups in total. The largest absolute Gasteiger partial charge is 0.412 e. The maximum atomic E-state index is 13.4. The van der Waals surface area contributed by atoms with Crippen LogP contribution < -0.4 is 5.32 Å². The van der Waals surface area contributed by atoms with Crippen molar-refractivity contribution in [3.8, 4) is 0 Å². The molecule has 1 aliphatic heterocycles. The molecule has 18 heavy (non-hydrogen) atoms. The predicted molar refractivity (Wildman–Crippen MR) is 63.2 cm³/mol. The number of amides is 1. The molecular weight excluding hydrogens is 245 g/mol. The van der Waals surface area contributed by atoms with Gasteiger partial charge in [0.1, 0.15) is 0 Å². The lowest BCUT2D eigenvalue weighted by Crippen LogP contribution is -2.66. The van der Waals surface area contributed by atoms with E-state index in [4.69, 9.17) is 0 Å². The number of carbonyl (C=O) groups is 1. The fraction of sp³-hybridized carbons (Fsp3) is 0.917. The van der Waals surface area contributed by atoms with Crippen molar-refractivity contribution in [3.63, 3.8) is 0 Å². The Bertz CT molecular complexity index is 290. The van der Waals surface area contributed by atoms with E-state index >= 15 is 0 Å². The first kappa shape index (κ1) is 15.3. The van der Waals surface area contributed by atoms with Crippen molar-refractivity contribution >= 4 is 5.91 Å². The molecule has 0 aromatic carbocycles. The fourth-order valence-electron chi connectivity index (χ4n) is 2.62. The van der Waals surface area contributed by atoms with Crippen LogP contribution >= 0.6 is 0 Å². The SMILES string of the molecule is CCCC(=O)N1CCCCC1(CNC)C(F)(F)F. The summed E-state index contributed by atoms with van der Waals surface area (Å²) in [4.78, 5) is 13.0. The highest BCUT2D eigenvalue weighted by Crippen LogP contribution is 2.42. The molecule has 1 aliphatic rings. The summed E-state index contributed by atoms with van der Waals surface area (Å²) >= 11 is 0. The number of hydrogen-bond donors (Lipinski definition) is 1. The highest BCUT2D eigenvalue weighted by Gasteiger charge is 2.59. The van der Waals surface area contributed by atoms with E-state index in [2.05, 4.69) is 5.32 Å². The molecule has 0 aliphatic carbocycles. The smallest absolute Gasteiger partial charge is 0.327 e. The van der Waals surface area contributed by atoms with E-state index in [1.807, 2.05) is 0 Å². The lowest BCUT2D eigenvalue weighted by molar-refractivity contribution is -0.238. The van der Waals surface area contributed by atoms with Crippen molar-refractivity contribution in [2.45, 2.75) is 50.7 Å². The zero-order valence-corrected chi connectivity index (χ0v) is 10.9. The number of piperidine rings is 1. The summed E-state index contributed by atoms with van der Waals surface area (Å²) in [5, 5.41) is 2.60. The summed E-state index contributed by atoms with van der Waals surface area (Å²) in [6.45, 7) is 1.78. The van der Waals surface area contributed by atoms with Crippen molar-refractivity contribution in [1.82, 2.24) is 10.2 Å². The number of rotatable bonds is 4. The maximum Gasteiger partial charge on any atom is 0.412 e. The molecule has 6 heteroatoms. The van der Waals surface area contributed by atoms with Crippen molar-refractivity contribution in [1.29, 1.82) is 0 Å². The standard InChI is InChI=1S/C12H21F3N2O/c1-3-6-10(18)17-8-5-4-7-11(17,9-16-2)12(13,14)15/h16H,3-9H2,1-2H3. The predicted octanol–water partition coefficient (Wildman–Crippen LogP) is 2.32. The Balaban J connectivity index is 3.05. The number of halogens is 3. The van der Waals surface area contributed by atoms with Crippen LogP contribution in [0.2, 0.25) is 0 Å². The van der Waals surface area contributed by atoms with Gasteiger partial charge in [0.05, 0.1) is 0 Å². The number of carbonyl (C=O) groups excluding carboxylic acids is 1. The van der Waals surface area contributed by atoms with E-state index in [9.17, 15) is 18.0 Å². The molecule has 1 heterocycles. The minimum absolute atomic E-state index is 0.00715. The van der Waals surface area contributed by atoms with Crippen LogP contribution in [0.5, 0.6) is 0 Å². The van der Waals surface area contributed by atoms with Gasteiger partial charge in [-0.1, -0.05) is 6.92 Å². The van der Waals surface area contributed by atoms with Gasteiger partial charge in [0.2, 0.25) is 5.91 Å². The third-order valence-corrected chi connectivity index (χ3v) is 3.50. The number of hydrogen-bond acceptors (Lipinski definition) is 2. The molecule has 106 valence electrons. The molecule has 1 atom stereocenters. The molecule has 1 fully saturated rings. The minimum atomic E-state index is -4.39. The Labute approximate surface area is 106 Å². The van der Waals surface area contributed by atoms with Crippen LogP contribution in [-0.2, 0) is 4.79 Å². The van der Waals surface area contributed by atoms with Crippen LogP contribution in [0.3, 0.4) is 0 Å². The summed E-state index contributed by atoms with van der Waals surface area (Å²) in [5.41, 5.74) is -2.02. The van der Waals surface area contributed by atoms with Gasteiger partial charge < -0.3 is 10.2 Å². The van der Waals surface area contributed by atoms with E-state index in [0.29, 0.717) is 19.3 Å². The molecule has 3 nitrogen and oxygen atoms in total. The summed E-state index contributed by atoms with van der Waals surface area (Å²) < 4.78 is 40.2. The summed E-state index contributed by atoms with van der Waals surface area (Å²) in [6.07, 6.45) is -2.48. The van der Waals surface area contributed by atoms with Gasteiger partial charge in [-0.2, -0.15) is 13.2 Å². The number of likely N-dealkylation sites (tertiary alicyclic amines) is 1. The molecule has 0 radical (unpaired) electrons. The molecule has 1 rings (SSSR count). The van der Waals surface area contributed by atoms with E-state index in [1.54, 1.807) is 6.92 Å². The van der Waals surface area contributed by atoms with Crippen molar-refractivity contribution in [3.05, 3.63) is 0 Å². The Morgan fingerprint density at radius 1 is 1.39 bits per heavy atom. The summed E-state index contributed by atoms with van der Waals surface area (Å²) in [6, 6.07) is 0. The average molecular weight is 266 g/mol. The third kappa shape index (κ3) is 2.79. The van der Waals surface area contributed by atoms with Gasteiger partial charge in [0.25, 0.3) is 0 Å². The highest BCUT2D eigenvalue weighted by atomic mass is 19.4. The van der Waals surface area contributed by atoms with E-state index < -0.39 is 11.7 Å². The lowest BCUT2D eigenvalue weighted by Gasteiger charge is -2.48. The van der Waals surface area contributed by atoms with E-state index in [-0.39, 0.29) is 31.8 Å². The Hall–Kier alpha value is -0.780. The number of nitrogens with zero attached hydrogens (tertiary/aromatic N) is 1. The molecule has 1 unspecified atom stereocenters. The van der Waals surface area contributed by atoms with Crippen LogP contribution in [0, 0.1) is 0 Å². The maximum absolute atomic E-state index is 13.4. The van der Waals surface area contributed by atoms with Crippen LogP contribution in [0.4, 0.5) is 13.2 Å².